The first-order valence-corrected chi connectivity index (χ1v) is 5.50. The highest BCUT2D eigenvalue weighted by Crippen LogP contribution is 2.22. The van der Waals surface area contributed by atoms with E-state index in [1.807, 2.05) is 24.3 Å². The highest BCUT2D eigenvalue weighted by atomic mass is 32.2. The van der Waals surface area contributed by atoms with Gasteiger partial charge < -0.3 is 10.3 Å². The van der Waals surface area contributed by atoms with Crippen LogP contribution in [0.5, 0.6) is 0 Å². The van der Waals surface area contributed by atoms with Crippen molar-refractivity contribution in [2.75, 3.05) is 5.73 Å². The number of rotatable bonds is 3. The summed E-state index contributed by atoms with van der Waals surface area (Å²) in [5.74, 6) is 2.03. The number of nitrogens with zero attached hydrogens (tertiary/aromatic N) is 2. The zero-order chi connectivity index (χ0) is 10.7. The molecule has 0 fully saturated rings. The van der Waals surface area contributed by atoms with Gasteiger partial charge in [-0.25, -0.2) is 0 Å². The van der Waals surface area contributed by atoms with Gasteiger partial charge in [-0.15, -0.1) is 11.8 Å². The van der Waals surface area contributed by atoms with E-state index in [1.165, 1.54) is 0 Å². The lowest BCUT2D eigenvalue weighted by atomic mass is 10.3. The van der Waals surface area contributed by atoms with Gasteiger partial charge in [-0.2, -0.15) is 4.98 Å². The zero-order valence-electron chi connectivity index (χ0n) is 8.30. The summed E-state index contributed by atoms with van der Waals surface area (Å²) in [6.45, 7) is 1.78. The molecule has 0 atom stereocenters. The molecule has 0 aliphatic rings. The maximum absolute atomic E-state index is 5.59. The monoisotopic (exact) mass is 221 g/mol. The molecule has 2 rings (SSSR count). The number of aryl methyl sites for hydroxylation is 1. The van der Waals surface area contributed by atoms with E-state index in [2.05, 4.69) is 10.1 Å². The lowest BCUT2D eigenvalue weighted by molar-refractivity contribution is 0.389. The van der Waals surface area contributed by atoms with Gasteiger partial charge >= 0.3 is 0 Å². The summed E-state index contributed by atoms with van der Waals surface area (Å²) < 4.78 is 4.88. The maximum atomic E-state index is 5.59. The van der Waals surface area contributed by atoms with Crippen LogP contribution in [0.4, 0.5) is 5.69 Å². The third-order valence-electron chi connectivity index (χ3n) is 1.82. The number of thioether (sulfide) groups is 1. The predicted molar refractivity (Wildman–Crippen MR) is 59.5 cm³/mol. The Morgan fingerprint density at radius 3 is 2.67 bits per heavy atom. The van der Waals surface area contributed by atoms with E-state index in [0.29, 0.717) is 17.5 Å². The molecule has 15 heavy (non-hydrogen) atoms. The van der Waals surface area contributed by atoms with Gasteiger partial charge in [0.2, 0.25) is 5.89 Å². The first kappa shape index (κ1) is 10.0. The number of hydrogen-bond acceptors (Lipinski definition) is 5. The Labute approximate surface area is 91.9 Å². The van der Waals surface area contributed by atoms with Gasteiger partial charge in [0.25, 0.3) is 0 Å². The van der Waals surface area contributed by atoms with Gasteiger partial charge in [0, 0.05) is 17.5 Å². The van der Waals surface area contributed by atoms with E-state index in [-0.39, 0.29) is 0 Å². The van der Waals surface area contributed by atoms with Crippen LogP contribution in [0.25, 0.3) is 0 Å². The molecule has 4 nitrogen and oxygen atoms in total. The molecule has 2 N–H and O–H groups in total. The van der Waals surface area contributed by atoms with Gasteiger partial charge in [-0.3, -0.25) is 0 Å². The van der Waals surface area contributed by atoms with Gasteiger partial charge in [0.1, 0.15) is 0 Å². The number of anilines is 1. The number of aromatic nitrogens is 2. The number of nitrogens with two attached hydrogens (primary N) is 1. The molecular formula is C10H11N3OS. The van der Waals surface area contributed by atoms with Crippen molar-refractivity contribution in [1.29, 1.82) is 0 Å². The molecule has 1 aromatic carbocycles. The Morgan fingerprint density at radius 2 is 2.07 bits per heavy atom. The second-order valence-corrected chi connectivity index (χ2v) is 4.14. The quantitative estimate of drug-likeness (QED) is 0.636. The standard InChI is InChI=1S/C10H11N3OS/c1-7-12-10(13-14-7)6-15-9-4-2-8(11)3-5-9/h2-5H,6,11H2,1H3. The van der Waals surface area contributed by atoms with Crippen molar-refractivity contribution in [2.45, 2.75) is 17.6 Å². The molecular weight excluding hydrogens is 210 g/mol. The SMILES string of the molecule is Cc1nc(CSc2ccc(N)cc2)no1. The molecule has 0 unspecified atom stereocenters. The van der Waals surface area contributed by atoms with Crippen molar-refractivity contribution in [1.82, 2.24) is 10.1 Å². The maximum Gasteiger partial charge on any atom is 0.223 e. The average Bonchev–Trinajstić information content (AvgIpc) is 2.64. The normalized spacial score (nSPS) is 10.5. The average molecular weight is 221 g/mol. The molecule has 5 heteroatoms. The Morgan fingerprint density at radius 1 is 1.33 bits per heavy atom. The van der Waals surface area contributed by atoms with Crippen LogP contribution in [0.1, 0.15) is 11.7 Å². The van der Waals surface area contributed by atoms with Crippen LogP contribution < -0.4 is 5.73 Å². The summed E-state index contributed by atoms with van der Waals surface area (Å²) in [5, 5.41) is 3.82. The second-order valence-electron chi connectivity index (χ2n) is 3.09. The first-order chi connectivity index (χ1) is 7.24. The van der Waals surface area contributed by atoms with Crippen LogP contribution in [0.3, 0.4) is 0 Å². The lowest BCUT2D eigenvalue weighted by Crippen LogP contribution is -1.85. The highest BCUT2D eigenvalue weighted by Gasteiger charge is 2.02. The Kier molecular flexibility index (Phi) is 2.91. The van der Waals surface area contributed by atoms with Crippen molar-refractivity contribution >= 4 is 17.4 Å². The molecule has 0 aliphatic heterocycles. The lowest BCUT2D eigenvalue weighted by Gasteiger charge is -1.98. The minimum atomic E-state index is 0.600. The summed E-state index contributed by atoms with van der Waals surface area (Å²) in [4.78, 5) is 5.27. The minimum Gasteiger partial charge on any atom is -0.399 e. The zero-order valence-corrected chi connectivity index (χ0v) is 9.12. The van der Waals surface area contributed by atoms with Gasteiger partial charge in [-0.05, 0) is 24.3 Å². The Hall–Kier alpha value is -1.49. The molecule has 0 saturated carbocycles. The van der Waals surface area contributed by atoms with E-state index in [1.54, 1.807) is 18.7 Å². The largest absolute Gasteiger partial charge is 0.399 e. The molecule has 1 aromatic heterocycles. The molecule has 78 valence electrons. The van der Waals surface area contributed by atoms with E-state index in [9.17, 15) is 0 Å². The fourth-order valence-corrected chi connectivity index (χ4v) is 1.85. The van der Waals surface area contributed by atoms with Crippen LogP contribution in [0, 0.1) is 6.92 Å². The third kappa shape index (κ3) is 2.73. The van der Waals surface area contributed by atoms with Crippen LogP contribution >= 0.6 is 11.8 Å². The van der Waals surface area contributed by atoms with Crippen molar-refractivity contribution in [3.63, 3.8) is 0 Å². The van der Waals surface area contributed by atoms with E-state index in [0.717, 1.165) is 10.6 Å². The van der Waals surface area contributed by atoms with Crippen LogP contribution in [-0.4, -0.2) is 10.1 Å². The van der Waals surface area contributed by atoms with Crippen LogP contribution in [-0.2, 0) is 5.75 Å². The van der Waals surface area contributed by atoms with Crippen molar-refractivity contribution in [2.24, 2.45) is 0 Å². The second kappa shape index (κ2) is 4.35. The van der Waals surface area contributed by atoms with Gasteiger partial charge in [0.15, 0.2) is 5.82 Å². The molecule has 2 aromatic rings. The minimum absolute atomic E-state index is 0.600. The summed E-state index contributed by atoms with van der Waals surface area (Å²) in [6.07, 6.45) is 0. The number of hydrogen-bond donors (Lipinski definition) is 1. The Bertz CT molecular complexity index is 438. The highest BCUT2D eigenvalue weighted by molar-refractivity contribution is 7.98. The molecule has 0 amide bonds. The van der Waals surface area contributed by atoms with Crippen molar-refractivity contribution < 1.29 is 4.52 Å². The summed E-state index contributed by atoms with van der Waals surface area (Å²) >= 11 is 1.65. The molecule has 0 radical (unpaired) electrons. The Balaban J connectivity index is 1.96. The van der Waals surface area contributed by atoms with Crippen molar-refractivity contribution in [3.05, 3.63) is 36.0 Å². The van der Waals surface area contributed by atoms with Gasteiger partial charge in [0.05, 0.1) is 5.75 Å². The topological polar surface area (TPSA) is 64.9 Å². The summed E-state index contributed by atoms with van der Waals surface area (Å²) in [6, 6.07) is 7.72. The van der Waals surface area contributed by atoms with Crippen LogP contribution in [0.2, 0.25) is 0 Å². The van der Waals surface area contributed by atoms with Crippen molar-refractivity contribution in [3.8, 4) is 0 Å². The molecule has 0 spiro atoms. The van der Waals surface area contributed by atoms with E-state index >= 15 is 0 Å². The van der Waals surface area contributed by atoms with Gasteiger partial charge in [-0.1, -0.05) is 5.16 Å². The fourth-order valence-electron chi connectivity index (χ4n) is 1.11. The summed E-state index contributed by atoms with van der Waals surface area (Å²) in [5.41, 5.74) is 6.36. The summed E-state index contributed by atoms with van der Waals surface area (Å²) in [7, 11) is 0. The number of benzene rings is 1. The van der Waals surface area contributed by atoms with Crippen LogP contribution in [0.15, 0.2) is 33.7 Å². The van der Waals surface area contributed by atoms with E-state index in [4.69, 9.17) is 10.3 Å². The molecule has 0 bridgehead atoms. The number of nitrogen functional groups attached to an aromatic ring is 1. The molecule has 1 heterocycles. The van der Waals surface area contributed by atoms with E-state index < -0.39 is 0 Å². The fraction of sp³-hybridized carbons (Fsp3) is 0.200. The smallest absolute Gasteiger partial charge is 0.223 e. The third-order valence-corrected chi connectivity index (χ3v) is 2.83. The first-order valence-electron chi connectivity index (χ1n) is 4.51. The molecule has 0 saturated heterocycles. The predicted octanol–water partition coefficient (Wildman–Crippen LogP) is 2.25. The molecule has 0 aliphatic carbocycles.